The number of carbonyl (C=O) groups excluding carboxylic acids is 1. The van der Waals surface area contributed by atoms with E-state index in [9.17, 15) is 4.79 Å². The van der Waals surface area contributed by atoms with Crippen LogP contribution < -0.4 is 5.32 Å². The summed E-state index contributed by atoms with van der Waals surface area (Å²) in [5.74, 6) is 0.561. The van der Waals surface area contributed by atoms with Crippen LogP contribution in [0.1, 0.15) is 36.8 Å². The average Bonchev–Trinajstić information content (AvgIpc) is 2.77. The van der Waals surface area contributed by atoms with Gasteiger partial charge in [-0.25, -0.2) is 9.67 Å². The number of ketones is 1. The molecule has 1 aromatic heterocycles. The second-order valence-corrected chi connectivity index (χ2v) is 3.77. The first-order chi connectivity index (χ1) is 7.33. The molecule has 1 fully saturated rings. The molecular formula is C10H16N4O. The molecule has 1 aliphatic rings. The van der Waals surface area contributed by atoms with Gasteiger partial charge in [-0.3, -0.25) is 4.79 Å². The Kier molecular flexibility index (Phi) is 3.11. The number of carbonyl (C=O) groups is 1. The van der Waals surface area contributed by atoms with Gasteiger partial charge in [-0.05, 0) is 26.3 Å². The maximum atomic E-state index is 12.1. The molecule has 2 heterocycles. The Labute approximate surface area is 88.9 Å². The number of nitrogens with one attached hydrogen (secondary N) is 1. The van der Waals surface area contributed by atoms with Crippen molar-refractivity contribution in [2.75, 3.05) is 6.54 Å². The lowest BCUT2D eigenvalue weighted by Crippen LogP contribution is -2.41. The molecule has 0 bridgehead atoms. The van der Waals surface area contributed by atoms with Crippen molar-refractivity contribution >= 4 is 5.78 Å². The van der Waals surface area contributed by atoms with E-state index in [-0.39, 0.29) is 11.8 Å². The molecule has 1 aromatic rings. The van der Waals surface area contributed by atoms with Crippen LogP contribution in [-0.4, -0.2) is 33.1 Å². The van der Waals surface area contributed by atoms with E-state index < -0.39 is 0 Å². The highest BCUT2D eigenvalue weighted by Gasteiger charge is 2.25. The molecule has 5 nitrogen and oxygen atoms in total. The van der Waals surface area contributed by atoms with Gasteiger partial charge in [-0.15, -0.1) is 0 Å². The Hall–Kier alpha value is -1.23. The number of rotatable bonds is 3. The van der Waals surface area contributed by atoms with E-state index in [4.69, 9.17) is 0 Å². The van der Waals surface area contributed by atoms with Crippen LogP contribution in [0.4, 0.5) is 0 Å². The molecular weight excluding hydrogens is 192 g/mol. The van der Waals surface area contributed by atoms with Gasteiger partial charge in [-0.1, -0.05) is 6.42 Å². The molecule has 0 saturated carbocycles. The maximum absolute atomic E-state index is 12.1. The third kappa shape index (κ3) is 2.07. The minimum absolute atomic E-state index is 0.0618. The fourth-order valence-corrected chi connectivity index (χ4v) is 1.92. The van der Waals surface area contributed by atoms with Crippen LogP contribution in [0, 0.1) is 0 Å². The van der Waals surface area contributed by atoms with Crippen molar-refractivity contribution in [3.63, 3.8) is 0 Å². The summed E-state index contributed by atoms with van der Waals surface area (Å²) in [5, 5.41) is 7.24. The highest BCUT2D eigenvalue weighted by atomic mass is 16.1. The number of nitrogens with zero attached hydrogens (tertiary/aromatic N) is 3. The van der Waals surface area contributed by atoms with Crippen LogP contribution >= 0.6 is 0 Å². The van der Waals surface area contributed by atoms with E-state index in [1.807, 2.05) is 6.92 Å². The zero-order valence-electron chi connectivity index (χ0n) is 8.94. The molecule has 82 valence electrons. The Morgan fingerprint density at radius 1 is 1.67 bits per heavy atom. The molecule has 1 N–H and O–H groups in total. The number of hydrogen-bond donors (Lipinski definition) is 1. The molecule has 0 spiro atoms. The van der Waals surface area contributed by atoms with Crippen LogP contribution in [0.5, 0.6) is 0 Å². The molecule has 0 radical (unpaired) electrons. The predicted molar refractivity (Wildman–Crippen MR) is 55.7 cm³/mol. The average molecular weight is 208 g/mol. The lowest BCUT2D eigenvalue weighted by atomic mass is 10.0. The van der Waals surface area contributed by atoms with Crippen LogP contribution in [0.2, 0.25) is 0 Å². The molecule has 1 aliphatic heterocycles. The highest BCUT2D eigenvalue weighted by Crippen LogP contribution is 2.11. The van der Waals surface area contributed by atoms with E-state index in [2.05, 4.69) is 15.4 Å². The molecule has 1 saturated heterocycles. The van der Waals surface area contributed by atoms with Gasteiger partial charge in [0.05, 0.1) is 6.04 Å². The molecule has 1 unspecified atom stereocenters. The minimum Gasteiger partial charge on any atom is -0.307 e. The van der Waals surface area contributed by atoms with Crippen molar-refractivity contribution in [3.05, 3.63) is 12.2 Å². The Morgan fingerprint density at radius 2 is 2.53 bits per heavy atom. The zero-order chi connectivity index (χ0) is 10.7. The van der Waals surface area contributed by atoms with Crippen molar-refractivity contribution in [2.24, 2.45) is 0 Å². The van der Waals surface area contributed by atoms with Gasteiger partial charge in [0.1, 0.15) is 6.33 Å². The van der Waals surface area contributed by atoms with Crippen LogP contribution in [0.15, 0.2) is 6.33 Å². The standard InChI is InChI=1S/C10H16N4O/c1-2-14-10(12-7-13-14)9(15)8-5-3-4-6-11-8/h7-8,11H,2-6H2,1H3. The second-order valence-electron chi connectivity index (χ2n) is 3.77. The third-order valence-electron chi connectivity index (χ3n) is 2.76. The lowest BCUT2D eigenvalue weighted by molar-refractivity contribution is 0.0911. The van der Waals surface area contributed by atoms with E-state index in [0.717, 1.165) is 25.8 Å². The van der Waals surface area contributed by atoms with Gasteiger partial charge in [0, 0.05) is 6.54 Å². The predicted octanol–water partition coefficient (Wildman–Crippen LogP) is 0.623. The summed E-state index contributed by atoms with van der Waals surface area (Å²) in [5.41, 5.74) is 0. The van der Waals surface area contributed by atoms with Crippen LogP contribution in [0.3, 0.4) is 0 Å². The summed E-state index contributed by atoms with van der Waals surface area (Å²) in [4.78, 5) is 16.1. The van der Waals surface area contributed by atoms with Crippen molar-refractivity contribution < 1.29 is 4.79 Å². The number of hydrogen-bond acceptors (Lipinski definition) is 4. The van der Waals surface area contributed by atoms with Gasteiger partial charge >= 0.3 is 0 Å². The maximum Gasteiger partial charge on any atom is 0.216 e. The van der Waals surface area contributed by atoms with Gasteiger partial charge in [0.25, 0.3) is 0 Å². The number of aryl methyl sites for hydroxylation is 1. The summed E-state index contributed by atoms with van der Waals surface area (Å²) in [6, 6.07) is -0.0618. The van der Waals surface area contributed by atoms with Crippen molar-refractivity contribution in [1.29, 1.82) is 0 Å². The SMILES string of the molecule is CCn1ncnc1C(=O)C1CCCCN1. The molecule has 0 aromatic carbocycles. The normalized spacial score (nSPS) is 21.5. The van der Waals surface area contributed by atoms with Gasteiger partial charge in [0.2, 0.25) is 5.78 Å². The Balaban J connectivity index is 2.12. The first-order valence-corrected chi connectivity index (χ1v) is 5.48. The molecule has 2 rings (SSSR count). The fourth-order valence-electron chi connectivity index (χ4n) is 1.92. The summed E-state index contributed by atoms with van der Waals surface area (Å²) in [6.45, 7) is 3.57. The third-order valence-corrected chi connectivity index (χ3v) is 2.76. The van der Waals surface area contributed by atoms with Crippen LogP contribution in [0.25, 0.3) is 0 Å². The summed E-state index contributed by atoms with van der Waals surface area (Å²) in [7, 11) is 0. The number of aromatic nitrogens is 3. The largest absolute Gasteiger partial charge is 0.307 e. The quantitative estimate of drug-likeness (QED) is 0.740. The van der Waals surface area contributed by atoms with E-state index in [1.165, 1.54) is 6.33 Å². The topological polar surface area (TPSA) is 59.8 Å². The van der Waals surface area contributed by atoms with E-state index in [0.29, 0.717) is 12.4 Å². The molecule has 0 aliphatic carbocycles. The highest BCUT2D eigenvalue weighted by molar-refractivity contribution is 5.97. The first kappa shape index (κ1) is 10.3. The smallest absolute Gasteiger partial charge is 0.216 e. The first-order valence-electron chi connectivity index (χ1n) is 5.48. The number of piperidine rings is 1. The van der Waals surface area contributed by atoms with Crippen LogP contribution in [-0.2, 0) is 6.54 Å². The number of Topliss-reactive ketones (excluding diaryl/α,β-unsaturated/α-hetero) is 1. The van der Waals surface area contributed by atoms with Gasteiger partial charge < -0.3 is 5.32 Å². The molecule has 0 amide bonds. The van der Waals surface area contributed by atoms with E-state index in [1.54, 1.807) is 4.68 Å². The molecule has 1 atom stereocenters. The Bertz CT molecular complexity index is 341. The minimum atomic E-state index is -0.0618. The van der Waals surface area contributed by atoms with Gasteiger partial charge in [0.15, 0.2) is 5.82 Å². The molecule has 5 heteroatoms. The van der Waals surface area contributed by atoms with Crippen molar-refractivity contribution in [2.45, 2.75) is 38.8 Å². The monoisotopic (exact) mass is 208 g/mol. The molecule has 15 heavy (non-hydrogen) atoms. The Morgan fingerprint density at radius 3 is 3.20 bits per heavy atom. The van der Waals surface area contributed by atoms with Gasteiger partial charge in [-0.2, -0.15) is 5.10 Å². The lowest BCUT2D eigenvalue weighted by Gasteiger charge is -2.21. The summed E-state index contributed by atoms with van der Waals surface area (Å²) < 4.78 is 1.65. The van der Waals surface area contributed by atoms with E-state index >= 15 is 0 Å². The summed E-state index contributed by atoms with van der Waals surface area (Å²) in [6.07, 6.45) is 4.63. The zero-order valence-corrected chi connectivity index (χ0v) is 8.94. The fraction of sp³-hybridized carbons (Fsp3) is 0.700. The second kappa shape index (κ2) is 4.53. The summed E-state index contributed by atoms with van der Waals surface area (Å²) >= 11 is 0. The van der Waals surface area contributed by atoms with Crippen molar-refractivity contribution in [1.82, 2.24) is 20.1 Å². The van der Waals surface area contributed by atoms with Crippen molar-refractivity contribution in [3.8, 4) is 0 Å².